The normalized spacial score (nSPS) is 12.4. The maximum atomic E-state index is 11.8. The van der Waals surface area contributed by atoms with E-state index in [4.69, 9.17) is 9.47 Å². The molecule has 0 aromatic heterocycles. The second-order valence-electron chi connectivity index (χ2n) is 4.50. The summed E-state index contributed by atoms with van der Waals surface area (Å²) in [4.78, 5) is 11.8. The molecule has 0 fully saturated rings. The number of esters is 1. The van der Waals surface area contributed by atoms with E-state index in [2.05, 4.69) is 11.3 Å². The van der Waals surface area contributed by atoms with Crippen LogP contribution in [0.5, 0.6) is 5.75 Å². The third-order valence-electron chi connectivity index (χ3n) is 2.81. The van der Waals surface area contributed by atoms with Gasteiger partial charge in [0.25, 0.3) is 0 Å². The summed E-state index contributed by atoms with van der Waals surface area (Å²) < 4.78 is 35.4. The van der Waals surface area contributed by atoms with E-state index < -0.39 is 22.0 Å². The van der Waals surface area contributed by atoms with Crippen LogP contribution in [0.2, 0.25) is 0 Å². The minimum Gasteiger partial charge on any atom is -0.497 e. The Bertz CT molecular complexity index is 613. The highest BCUT2D eigenvalue weighted by Gasteiger charge is 2.24. The number of thioether (sulfide) groups is 1. The Morgan fingerprint density at radius 3 is 2.57 bits per heavy atom. The third kappa shape index (κ3) is 7.06. The Kier molecular flexibility index (Phi) is 8.15. The van der Waals surface area contributed by atoms with E-state index >= 15 is 0 Å². The van der Waals surface area contributed by atoms with Crippen molar-refractivity contribution < 1.29 is 22.7 Å². The topological polar surface area (TPSA) is 81.7 Å². The zero-order valence-electron chi connectivity index (χ0n) is 13.2. The Morgan fingerprint density at radius 2 is 2.04 bits per heavy atom. The van der Waals surface area contributed by atoms with E-state index in [1.165, 1.54) is 11.8 Å². The smallest absolute Gasteiger partial charge is 0.325 e. The van der Waals surface area contributed by atoms with Gasteiger partial charge in [-0.2, -0.15) is 16.5 Å². The van der Waals surface area contributed by atoms with Gasteiger partial charge in [0, 0.05) is 16.9 Å². The molecule has 0 amide bonds. The Morgan fingerprint density at radius 1 is 1.39 bits per heavy atom. The second-order valence-corrected chi connectivity index (χ2v) is 7.19. The van der Waals surface area contributed by atoms with Gasteiger partial charge in [-0.25, -0.2) is 8.42 Å². The molecule has 1 aromatic rings. The first-order chi connectivity index (χ1) is 10.9. The number of methoxy groups -OCH3 is 1. The van der Waals surface area contributed by atoms with Gasteiger partial charge in [-0.3, -0.25) is 4.79 Å². The first-order valence-electron chi connectivity index (χ1n) is 6.94. The number of benzene rings is 1. The van der Waals surface area contributed by atoms with E-state index in [0.717, 1.165) is 16.7 Å². The number of hydrogen-bond acceptors (Lipinski definition) is 6. The van der Waals surface area contributed by atoms with Crippen LogP contribution < -0.4 is 9.46 Å². The Hall–Kier alpha value is -1.51. The van der Waals surface area contributed by atoms with Crippen molar-refractivity contribution in [3.63, 3.8) is 0 Å². The van der Waals surface area contributed by atoms with Gasteiger partial charge in [0.1, 0.15) is 11.8 Å². The lowest BCUT2D eigenvalue weighted by atomic mass is 10.2. The molecule has 1 N–H and O–H groups in total. The average Bonchev–Trinajstić information content (AvgIpc) is 2.54. The van der Waals surface area contributed by atoms with Crippen LogP contribution in [0.25, 0.3) is 0 Å². The van der Waals surface area contributed by atoms with Crippen molar-refractivity contribution >= 4 is 27.8 Å². The van der Waals surface area contributed by atoms with E-state index in [9.17, 15) is 13.2 Å². The lowest BCUT2D eigenvalue weighted by Gasteiger charge is -2.15. The molecule has 0 saturated heterocycles. The Labute approximate surface area is 141 Å². The van der Waals surface area contributed by atoms with E-state index in [1.807, 2.05) is 24.3 Å². The van der Waals surface area contributed by atoms with Crippen LogP contribution in [-0.4, -0.2) is 39.9 Å². The molecular weight excluding hydrogens is 338 g/mol. The molecule has 0 heterocycles. The molecular formula is C15H21NO5S2. The highest BCUT2D eigenvalue weighted by molar-refractivity contribution is 7.98. The van der Waals surface area contributed by atoms with Crippen molar-refractivity contribution in [2.75, 3.05) is 19.5 Å². The summed E-state index contributed by atoms with van der Waals surface area (Å²) in [5.41, 5.74) is 1.05. The van der Waals surface area contributed by atoms with Gasteiger partial charge in [0.15, 0.2) is 0 Å². The molecule has 0 radical (unpaired) electrons. The van der Waals surface area contributed by atoms with Gasteiger partial charge in [-0.1, -0.05) is 18.7 Å². The lowest BCUT2D eigenvalue weighted by Crippen LogP contribution is -2.42. The molecule has 0 saturated carbocycles. The van der Waals surface area contributed by atoms with Crippen molar-refractivity contribution in [3.8, 4) is 5.75 Å². The van der Waals surface area contributed by atoms with Gasteiger partial charge in [0.05, 0.1) is 13.7 Å². The van der Waals surface area contributed by atoms with Gasteiger partial charge >= 0.3 is 5.97 Å². The summed E-state index contributed by atoms with van der Waals surface area (Å²) in [6.45, 7) is 5.07. The molecule has 0 spiro atoms. The fourth-order valence-electron chi connectivity index (χ4n) is 1.66. The van der Waals surface area contributed by atoms with Crippen LogP contribution in [0.3, 0.4) is 0 Å². The molecule has 1 aromatic carbocycles. The highest BCUT2D eigenvalue weighted by atomic mass is 32.2. The van der Waals surface area contributed by atoms with Gasteiger partial charge in [0.2, 0.25) is 10.0 Å². The number of carbonyl (C=O) groups excluding carboxylic acids is 1. The van der Waals surface area contributed by atoms with Gasteiger partial charge in [-0.05, 0) is 24.6 Å². The predicted molar refractivity (Wildman–Crippen MR) is 91.8 cm³/mol. The summed E-state index contributed by atoms with van der Waals surface area (Å²) in [5, 5.41) is 0.771. The number of ether oxygens (including phenoxy) is 2. The summed E-state index contributed by atoms with van der Waals surface area (Å²) in [5.74, 6) is 1.07. The summed E-state index contributed by atoms with van der Waals surface area (Å²) in [6, 6.07) is 6.58. The van der Waals surface area contributed by atoms with E-state index in [-0.39, 0.29) is 12.4 Å². The van der Waals surface area contributed by atoms with Crippen LogP contribution in [0.1, 0.15) is 12.5 Å². The lowest BCUT2D eigenvalue weighted by molar-refractivity contribution is -0.144. The first-order valence-corrected chi connectivity index (χ1v) is 9.64. The predicted octanol–water partition coefficient (Wildman–Crippen LogP) is 1.92. The molecule has 0 aliphatic carbocycles. The summed E-state index contributed by atoms with van der Waals surface area (Å²) >= 11 is 1.43. The number of nitrogens with one attached hydrogen (secondary N) is 1. The first kappa shape index (κ1) is 19.5. The van der Waals surface area contributed by atoms with Crippen LogP contribution in [0.4, 0.5) is 0 Å². The molecule has 0 bridgehead atoms. The number of sulfonamides is 1. The van der Waals surface area contributed by atoms with Crippen LogP contribution in [0, 0.1) is 0 Å². The Balaban J connectivity index is 2.62. The fourth-order valence-corrected chi connectivity index (χ4v) is 3.43. The molecule has 0 aliphatic rings. The zero-order valence-corrected chi connectivity index (χ0v) is 14.8. The maximum Gasteiger partial charge on any atom is 0.325 e. The van der Waals surface area contributed by atoms with Crippen molar-refractivity contribution in [3.05, 3.63) is 41.8 Å². The second kappa shape index (κ2) is 9.59. The number of carbonyl (C=O) groups is 1. The van der Waals surface area contributed by atoms with Crippen LogP contribution in [-0.2, 0) is 25.3 Å². The van der Waals surface area contributed by atoms with Gasteiger partial charge < -0.3 is 9.47 Å². The molecule has 1 rings (SSSR count). The molecule has 23 heavy (non-hydrogen) atoms. The van der Waals surface area contributed by atoms with Crippen LogP contribution in [0.15, 0.2) is 36.3 Å². The monoisotopic (exact) mass is 359 g/mol. The van der Waals surface area contributed by atoms with Gasteiger partial charge in [-0.15, -0.1) is 0 Å². The highest BCUT2D eigenvalue weighted by Crippen LogP contribution is 2.17. The molecule has 6 nitrogen and oxygen atoms in total. The fraction of sp³-hybridized carbons (Fsp3) is 0.400. The molecule has 1 atom stereocenters. The largest absolute Gasteiger partial charge is 0.497 e. The zero-order chi connectivity index (χ0) is 17.3. The van der Waals surface area contributed by atoms with Crippen molar-refractivity contribution in [1.29, 1.82) is 0 Å². The van der Waals surface area contributed by atoms with Crippen molar-refractivity contribution in [1.82, 2.24) is 4.72 Å². The van der Waals surface area contributed by atoms with E-state index in [1.54, 1.807) is 14.0 Å². The SMILES string of the molecule is C=CS(=O)(=O)N[C@@H](CSCc1ccc(OC)cc1)C(=O)OCC. The van der Waals surface area contributed by atoms with Crippen LogP contribution >= 0.6 is 11.8 Å². The summed E-state index contributed by atoms with van der Waals surface area (Å²) in [7, 11) is -2.11. The van der Waals surface area contributed by atoms with Crippen molar-refractivity contribution in [2.24, 2.45) is 0 Å². The third-order valence-corrected chi connectivity index (χ3v) is 4.97. The van der Waals surface area contributed by atoms with E-state index in [0.29, 0.717) is 5.75 Å². The number of rotatable bonds is 10. The quantitative estimate of drug-likeness (QED) is 0.643. The van der Waals surface area contributed by atoms with Crippen molar-refractivity contribution in [2.45, 2.75) is 18.7 Å². The minimum absolute atomic E-state index is 0.189. The maximum absolute atomic E-state index is 11.8. The summed E-state index contributed by atoms with van der Waals surface area (Å²) in [6.07, 6.45) is 0. The minimum atomic E-state index is -3.70. The molecule has 0 unspecified atom stereocenters. The number of hydrogen-bond donors (Lipinski definition) is 1. The average molecular weight is 359 g/mol. The molecule has 128 valence electrons. The standard InChI is InChI=1S/C15H21NO5S2/c1-4-21-15(17)14(16-23(18,19)5-2)11-22-10-12-6-8-13(20-3)9-7-12/h5-9,14,16H,2,4,10-11H2,1,3H3/t14-/m0/s1. The molecule has 0 aliphatic heterocycles. The molecule has 8 heteroatoms.